The number of benzene rings is 3. The van der Waals surface area contributed by atoms with Gasteiger partial charge in [-0.05, 0) is 23.4 Å². The van der Waals surface area contributed by atoms with Crippen molar-refractivity contribution in [2.45, 2.75) is 31.7 Å². The summed E-state index contributed by atoms with van der Waals surface area (Å²) in [5.74, 6) is -1.52. The zero-order valence-corrected chi connectivity index (χ0v) is 18.1. The van der Waals surface area contributed by atoms with Crippen molar-refractivity contribution in [2.75, 3.05) is 5.32 Å². The zero-order valence-electron chi connectivity index (χ0n) is 18.1. The van der Waals surface area contributed by atoms with E-state index in [1.54, 1.807) is 24.3 Å². The molecule has 2 atom stereocenters. The van der Waals surface area contributed by atoms with E-state index >= 15 is 0 Å². The average molecular weight is 458 g/mol. The molecule has 0 radical (unpaired) electrons. The number of amides is 5. The van der Waals surface area contributed by atoms with E-state index in [0.29, 0.717) is 16.8 Å². The molecule has 9 nitrogen and oxygen atoms in total. The number of rotatable bonds is 4. The zero-order chi connectivity index (χ0) is 23.8. The Hall–Kier alpha value is -4.24. The Labute approximate surface area is 194 Å². The molecular weight excluding hydrogens is 436 g/mol. The molecule has 1 fully saturated rings. The Kier molecular flexibility index (Phi) is 5.46. The summed E-state index contributed by atoms with van der Waals surface area (Å²) in [6.07, 6.45) is -1.08. The Morgan fingerprint density at radius 1 is 1.03 bits per heavy atom. The lowest BCUT2D eigenvalue weighted by Gasteiger charge is -2.31. The van der Waals surface area contributed by atoms with Crippen molar-refractivity contribution < 1.29 is 24.3 Å². The minimum absolute atomic E-state index is 0.0431. The van der Waals surface area contributed by atoms with E-state index in [9.17, 15) is 24.3 Å². The summed E-state index contributed by atoms with van der Waals surface area (Å²) >= 11 is 0. The summed E-state index contributed by atoms with van der Waals surface area (Å²) in [5.41, 5.74) is 1.79. The van der Waals surface area contributed by atoms with Crippen LogP contribution in [0.3, 0.4) is 0 Å². The minimum Gasteiger partial charge on any atom is -0.369 e. The molecule has 0 spiro atoms. The van der Waals surface area contributed by atoms with Crippen molar-refractivity contribution in [3.63, 3.8) is 0 Å². The number of carbonyl (C=O) groups excluding carboxylic acids is 4. The second-order valence-electron chi connectivity index (χ2n) is 8.27. The minimum atomic E-state index is -1.31. The second kappa shape index (κ2) is 8.60. The molecule has 172 valence electrons. The first-order valence-electron chi connectivity index (χ1n) is 10.9. The molecule has 5 rings (SSSR count). The lowest BCUT2D eigenvalue weighted by Crippen LogP contribution is -2.53. The SMILES string of the molecule is O=C1CCC(N2C(=O)c3c(CNC(=O)Nc4cccc5ccccc45)cccc3C2O)C(=O)N1. The molecule has 0 aromatic heterocycles. The van der Waals surface area contributed by atoms with E-state index in [1.165, 1.54) is 0 Å². The molecule has 0 saturated carbocycles. The molecule has 2 aliphatic rings. The van der Waals surface area contributed by atoms with Crippen LogP contribution in [0.15, 0.2) is 60.7 Å². The largest absolute Gasteiger partial charge is 0.369 e. The normalized spacial score (nSPS) is 19.7. The van der Waals surface area contributed by atoms with Gasteiger partial charge in [-0.2, -0.15) is 0 Å². The fourth-order valence-electron chi connectivity index (χ4n) is 4.57. The Morgan fingerprint density at radius 3 is 2.62 bits per heavy atom. The Morgan fingerprint density at radius 2 is 1.79 bits per heavy atom. The van der Waals surface area contributed by atoms with Gasteiger partial charge in [0.1, 0.15) is 6.04 Å². The van der Waals surface area contributed by atoms with Crippen LogP contribution in [-0.2, 0) is 16.1 Å². The van der Waals surface area contributed by atoms with E-state index in [4.69, 9.17) is 0 Å². The van der Waals surface area contributed by atoms with E-state index < -0.39 is 36.0 Å². The summed E-state index contributed by atoms with van der Waals surface area (Å²) in [5, 5.41) is 20.5. The molecule has 0 bridgehead atoms. The fraction of sp³-hybridized carbons (Fsp3) is 0.200. The summed E-state index contributed by atoms with van der Waals surface area (Å²) in [6.45, 7) is 0.0431. The summed E-state index contributed by atoms with van der Waals surface area (Å²) in [6, 6.07) is 16.9. The number of nitrogens with zero attached hydrogens (tertiary/aromatic N) is 1. The lowest BCUT2D eigenvalue weighted by atomic mass is 10.0. The van der Waals surface area contributed by atoms with Gasteiger partial charge in [0.2, 0.25) is 11.8 Å². The van der Waals surface area contributed by atoms with Crippen molar-refractivity contribution in [3.05, 3.63) is 77.4 Å². The number of nitrogens with one attached hydrogen (secondary N) is 3. The Balaban J connectivity index is 1.32. The third kappa shape index (κ3) is 3.75. The maximum atomic E-state index is 13.2. The van der Waals surface area contributed by atoms with Gasteiger partial charge in [0.25, 0.3) is 5.91 Å². The van der Waals surface area contributed by atoms with Crippen LogP contribution < -0.4 is 16.0 Å². The smallest absolute Gasteiger partial charge is 0.319 e. The van der Waals surface area contributed by atoms with Crippen LogP contribution in [0.1, 0.15) is 40.6 Å². The summed E-state index contributed by atoms with van der Waals surface area (Å²) < 4.78 is 0. The molecule has 5 amide bonds. The van der Waals surface area contributed by atoms with E-state index in [2.05, 4.69) is 16.0 Å². The third-order valence-corrected chi connectivity index (χ3v) is 6.20. The van der Waals surface area contributed by atoms with Gasteiger partial charge >= 0.3 is 6.03 Å². The maximum absolute atomic E-state index is 13.2. The van der Waals surface area contributed by atoms with Crippen molar-refractivity contribution in [1.29, 1.82) is 0 Å². The number of piperidine rings is 1. The van der Waals surface area contributed by atoms with Crippen molar-refractivity contribution in [3.8, 4) is 0 Å². The van der Waals surface area contributed by atoms with Gasteiger partial charge in [-0.15, -0.1) is 0 Å². The molecule has 2 unspecified atom stereocenters. The molecule has 2 heterocycles. The van der Waals surface area contributed by atoms with Gasteiger partial charge in [0.05, 0.1) is 11.3 Å². The van der Waals surface area contributed by atoms with Crippen molar-refractivity contribution in [2.24, 2.45) is 0 Å². The first kappa shape index (κ1) is 21.6. The number of aliphatic hydroxyl groups is 1. The average Bonchev–Trinajstić information content (AvgIpc) is 3.08. The highest BCUT2D eigenvalue weighted by molar-refractivity contribution is 6.06. The molecule has 1 saturated heterocycles. The maximum Gasteiger partial charge on any atom is 0.319 e. The Bertz CT molecular complexity index is 1330. The molecule has 4 N–H and O–H groups in total. The van der Waals surface area contributed by atoms with Crippen LogP contribution in [0.2, 0.25) is 0 Å². The number of carbonyl (C=O) groups is 4. The lowest BCUT2D eigenvalue weighted by molar-refractivity contribution is -0.139. The standard InChI is InChI=1S/C25H22N4O5/c30-20-12-11-19(22(31)28-20)29-23(32)17-9-3-7-15(21(17)24(29)33)13-26-25(34)27-18-10-4-6-14-5-1-2-8-16(14)18/h1-10,19,23,32H,11-13H2,(H2,26,27,34)(H,28,30,31). The molecule has 9 heteroatoms. The van der Waals surface area contributed by atoms with Crippen LogP contribution in [0, 0.1) is 0 Å². The van der Waals surface area contributed by atoms with Crippen LogP contribution in [0.25, 0.3) is 10.8 Å². The fourth-order valence-corrected chi connectivity index (χ4v) is 4.57. The number of hydrogen-bond acceptors (Lipinski definition) is 5. The van der Waals surface area contributed by atoms with Gasteiger partial charge in [0.15, 0.2) is 6.23 Å². The van der Waals surface area contributed by atoms with Gasteiger partial charge in [-0.3, -0.25) is 24.6 Å². The van der Waals surface area contributed by atoms with Crippen LogP contribution in [-0.4, -0.2) is 39.8 Å². The first-order chi connectivity index (χ1) is 16.4. The predicted molar refractivity (Wildman–Crippen MR) is 124 cm³/mol. The predicted octanol–water partition coefficient (Wildman–Crippen LogP) is 2.41. The third-order valence-electron chi connectivity index (χ3n) is 6.20. The highest BCUT2D eigenvalue weighted by Gasteiger charge is 2.45. The monoisotopic (exact) mass is 458 g/mol. The van der Waals surface area contributed by atoms with Crippen LogP contribution in [0.5, 0.6) is 0 Å². The second-order valence-corrected chi connectivity index (χ2v) is 8.27. The topological polar surface area (TPSA) is 128 Å². The molecule has 34 heavy (non-hydrogen) atoms. The highest BCUT2D eigenvalue weighted by atomic mass is 16.3. The molecule has 0 aliphatic carbocycles. The van der Waals surface area contributed by atoms with Gasteiger partial charge in [-0.25, -0.2) is 4.79 Å². The van der Waals surface area contributed by atoms with E-state index in [0.717, 1.165) is 15.7 Å². The van der Waals surface area contributed by atoms with Crippen LogP contribution >= 0.6 is 0 Å². The van der Waals surface area contributed by atoms with E-state index in [-0.39, 0.29) is 24.9 Å². The quantitative estimate of drug-likeness (QED) is 0.447. The molecular formula is C25H22N4O5. The number of fused-ring (bicyclic) bond motifs is 2. The van der Waals surface area contributed by atoms with Gasteiger partial charge in [-0.1, -0.05) is 54.6 Å². The van der Waals surface area contributed by atoms with Crippen molar-refractivity contribution >= 4 is 40.2 Å². The van der Waals surface area contributed by atoms with Crippen LogP contribution in [0.4, 0.5) is 10.5 Å². The first-order valence-corrected chi connectivity index (χ1v) is 10.9. The molecule has 3 aromatic rings. The van der Waals surface area contributed by atoms with Gasteiger partial charge in [0, 0.05) is 23.9 Å². The highest BCUT2D eigenvalue weighted by Crippen LogP contribution is 2.36. The number of aliphatic hydroxyl groups excluding tert-OH is 1. The summed E-state index contributed by atoms with van der Waals surface area (Å²) in [4.78, 5) is 50.7. The number of anilines is 1. The molecule has 3 aromatic carbocycles. The number of imide groups is 1. The van der Waals surface area contributed by atoms with E-state index in [1.807, 2.05) is 36.4 Å². The number of hydrogen-bond donors (Lipinski definition) is 4. The number of urea groups is 1. The summed E-state index contributed by atoms with van der Waals surface area (Å²) in [7, 11) is 0. The van der Waals surface area contributed by atoms with Gasteiger partial charge < -0.3 is 15.7 Å². The van der Waals surface area contributed by atoms with Crippen molar-refractivity contribution in [1.82, 2.24) is 15.5 Å². The molecule has 2 aliphatic heterocycles.